The predicted molar refractivity (Wildman–Crippen MR) is 143 cm³/mol. The van der Waals surface area contributed by atoms with Gasteiger partial charge in [-0.1, -0.05) is 50.2 Å². The van der Waals surface area contributed by atoms with E-state index < -0.39 is 42.0 Å². The van der Waals surface area contributed by atoms with Crippen molar-refractivity contribution in [2.24, 2.45) is 5.92 Å². The number of hydroxylamine groups is 2. The van der Waals surface area contributed by atoms with Gasteiger partial charge in [0.05, 0.1) is 18.7 Å². The minimum atomic E-state index is -1.27. The Hall–Kier alpha value is -4.23. The summed E-state index contributed by atoms with van der Waals surface area (Å²) in [5.74, 6) is -1.99. The van der Waals surface area contributed by atoms with Crippen molar-refractivity contribution in [2.75, 3.05) is 31.6 Å². The summed E-state index contributed by atoms with van der Waals surface area (Å²) in [7, 11) is 0. The Morgan fingerprint density at radius 3 is 2.52 bits per heavy atom. The molecule has 0 saturated carbocycles. The lowest BCUT2D eigenvalue weighted by Gasteiger charge is -2.22. The van der Waals surface area contributed by atoms with E-state index in [2.05, 4.69) is 20.9 Å². The zero-order valence-electron chi connectivity index (χ0n) is 22.4. The van der Waals surface area contributed by atoms with Crippen molar-refractivity contribution in [3.05, 3.63) is 60.3 Å². The molecule has 216 valence electrons. The van der Waals surface area contributed by atoms with Crippen molar-refractivity contribution in [1.82, 2.24) is 20.7 Å². The molecule has 0 spiro atoms. The summed E-state index contributed by atoms with van der Waals surface area (Å²) in [6.07, 6.45) is 0.758. The lowest BCUT2D eigenvalue weighted by molar-refractivity contribution is -0.144. The van der Waals surface area contributed by atoms with Crippen LogP contribution in [0.15, 0.2) is 54.7 Å². The molecule has 0 bridgehead atoms. The smallest absolute Gasteiger partial charge is 0.480 e. The Balaban J connectivity index is 1.50. The zero-order chi connectivity index (χ0) is 28.9. The highest BCUT2D eigenvalue weighted by Crippen LogP contribution is 2.22. The largest absolute Gasteiger partial charge is 0.528 e. The van der Waals surface area contributed by atoms with E-state index in [1.165, 1.54) is 5.06 Å². The normalized spacial score (nSPS) is 17.6. The number of carbonyl (C=O) groups excluding carboxylic acids is 3. The van der Waals surface area contributed by atoms with Crippen molar-refractivity contribution < 1.29 is 38.6 Å². The van der Waals surface area contributed by atoms with Gasteiger partial charge in [0.2, 0.25) is 11.8 Å². The highest BCUT2D eigenvalue weighted by Gasteiger charge is 2.36. The van der Waals surface area contributed by atoms with Crippen LogP contribution in [0.1, 0.15) is 25.8 Å². The number of aromatic nitrogens is 1. The fourth-order valence-corrected chi connectivity index (χ4v) is 3.79. The number of benzene rings is 1. The molecule has 2 heterocycles. The number of pyridine rings is 1. The predicted octanol–water partition coefficient (Wildman–Crippen LogP) is 1.56. The van der Waals surface area contributed by atoms with Gasteiger partial charge in [-0.3, -0.25) is 9.59 Å². The number of carboxylic acids is 1. The van der Waals surface area contributed by atoms with Gasteiger partial charge in [0.1, 0.15) is 25.1 Å². The molecule has 3 rings (SSSR count). The maximum atomic E-state index is 12.4. The van der Waals surface area contributed by atoms with Crippen molar-refractivity contribution in [1.29, 1.82) is 0 Å². The molecule has 0 radical (unpaired) electrons. The summed E-state index contributed by atoms with van der Waals surface area (Å²) in [6, 6.07) is 13.1. The number of nitrogens with one attached hydrogen (secondary N) is 3. The second-order valence-electron chi connectivity index (χ2n) is 9.49. The second kappa shape index (κ2) is 15.4. The molecule has 1 saturated heterocycles. The summed E-state index contributed by atoms with van der Waals surface area (Å²) in [4.78, 5) is 57.7. The number of carboxylic acid groups (broad SMARTS) is 1. The Kier molecular flexibility index (Phi) is 11.7. The summed E-state index contributed by atoms with van der Waals surface area (Å²) in [5.41, 5.74) is 0.815. The van der Waals surface area contributed by atoms with E-state index in [0.717, 1.165) is 5.56 Å². The molecule has 4 N–H and O–H groups in total. The average molecular weight is 558 g/mol. The molecule has 1 aliphatic rings. The minimum Gasteiger partial charge on any atom is -0.480 e. The lowest BCUT2D eigenvalue weighted by Crippen LogP contribution is -2.50. The Morgan fingerprint density at radius 2 is 1.85 bits per heavy atom. The van der Waals surface area contributed by atoms with Crippen molar-refractivity contribution >= 4 is 29.8 Å². The number of rotatable bonds is 14. The van der Waals surface area contributed by atoms with Crippen LogP contribution in [-0.2, 0) is 35.3 Å². The van der Waals surface area contributed by atoms with E-state index in [1.54, 1.807) is 32.2 Å². The molecule has 1 fully saturated rings. The third kappa shape index (κ3) is 10.2. The topological polar surface area (TPSA) is 168 Å². The first-order valence-electron chi connectivity index (χ1n) is 12.9. The number of anilines is 1. The molecule has 1 aromatic heterocycles. The van der Waals surface area contributed by atoms with Crippen LogP contribution in [0.2, 0.25) is 0 Å². The average Bonchev–Trinajstić information content (AvgIpc) is 3.33. The van der Waals surface area contributed by atoms with Crippen LogP contribution in [0.3, 0.4) is 0 Å². The number of ether oxygens (including phenoxy) is 2. The molecule has 1 aliphatic heterocycles. The van der Waals surface area contributed by atoms with E-state index in [4.69, 9.17) is 14.3 Å². The van der Waals surface area contributed by atoms with Gasteiger partial charge in [-0.2, -0.15) is 0 Å². The zero-order valence-corrected chi connectivity index (χ0v) is 22.4. The molecule has 3 unspecified atom stereocenters. The van der Waals surface area contributed by atoms with Gasteiger partial charge in [-0.15, -0.1) is 5.06 Å². The minimum absolute atomic E-state index is 0.0550. The number of carbonyl (C=O) groups is 4. The molecule has 3 atom stereocenters. The maximum Gasteiger partial charge on any atom is 0.528 e. The number of aliphatic carboxylic acids is 1. The molecule has 13 heteroatoms. The number of hydrogen-bond acceptors (Lipinski definition) is 10. The van der Waals surface area contributed by atoms with Crippen molar-refractivity contribution in [2.45, 2.75) is 45.1 Å². The first-order chi connectivity index (χ1) is 19.2. The van der Waals surface area contributed by atoms with Gasteiger partial charge in [0.25, 0.3) is 0 Å². The van der Waals surface area contributed by atoms with E-state index >= 15 is 0 Å². The van der Waals surface area contributed by atoms with Gasteiger partial charge in [-0.25, -0.2) is 14.6 Å². The Morgan fingerprint density at radius 1 is 1.10 bits per heavy atom. The van der Waals surface area contributed by atoms with Crippen LogP contribution >= 0.6 is 0 Å². The second-order valence-corrected chi connectivity index (χ2v) is 9.49. The number of amides is 2. The molecule has 40 heavy (non-hydrogen) atoms. The molecule has 0 aliphatic carbocycles. The van der Waals surface area contributed by atoms with Crippen LogP contribution in [0.25, 0.3) is 0 Å². The summed E-state index contributed by atoms with van der Waals surface area (Å²) in [6.45, 7) is 3.26. The summed E-state index contributed by atoms with van der Waals surface area (Å²) >= 11 is 0. The fourth-order valence-electron chi connectivity index (χ4n) is 3.79. The summed E-state index contributed by atoms with van der Waals surface area (Å²) in [5, 5.41) is 18.8. The van der Waals surface area contributed by atoms with Gasteiger partial charge >= 0.3 is 12.1 Å². The van der Waals surface area contributed by atoms with Crippen molar-refractivity contribution in [3.8, 4) is 0 Å². The molecule has 1 aromatic carbocycles. The molecule has 2 amide bonds. The quantitative estimate of drug-likeness (QED) is 0.249. The van der Waals surface area contributed by atoms with Crippen LogP contribution in [0.5, 0.6) is 0 Å². The highest BCUT2D eigenvalue weighted by molar-refractivity contribution is 5.85. The van der Waals surface area contributed by atoms with Gasteiger partial charge in [-0.05, 0) is 24.1 Å². The monoisotopic (exact) mass is 557 g/mol. The summed E-state index contributed by atoms with van der Waals surface area (Å²) < 4.78 is 11.0. The van der Waals surface area contributed by atoms with Crippen molar-refractivity contribution in [3.63, 3.8) is 0 Å². The van der Waals surface area contributed by atoms with E-state index in [1.807, 2.05) is 36.4 Å². The van der Waals surface area contributed by atoms with Gasteiger partial charge in [0, 0.05) is 25.2 Å². The van der Waals surface area contributed by atoms with E-state index in [0.29, 0.717) is 18.8 Å². The first-order valence-corrected chi connectivity index (χ1v) is 12.9. The fraction of sp³-hybridized carbons (Fsp3) is 0.444. The first kappa shape index (κ1) is 30.3. The van der Waals surface area contributed by atoms with Crippen LogP contribution in [-0.4, -0.2) is 83.5 Å². The SMILES string of the molecule is CC(C)C(=O)NC(CNC(=O)COC1CC(CNc2ccccn2)N(OC(=O)OCc2ccccc2)C1)C(=O)O. The third-order valence-corrected chi connectivity index (χ3v) is 5.99. The highest BCUT2D eigenvalue weighted by atomic mass is 16.8. The van der Waals surface area contributed by atoms with Crippen LogP contribution < -0.4 is 16.0 Å². The van der Waals surface area contributed by atoms with Gasteiger partial charge in [0.15, 0.2) is 0 Å². The third-order valence-electron chi connectivity index (χ3n) is 5.99. The Labute approximate surface area is 232 Å². The van der Waals surface area contributed by atoms with E-state index in [-0.39, 0.29) is 32.3 Å². The molecular weight excluding hydrogens is 522 g/mol. The lowest BCUT2D eigenvalue weighted by atomic mass is 10.2. The molecule has 2 aromatic rings. The standard InChI is InChI=1S/C27H35N5O8/c1-18(2)25(34)31-22(26(35)36)14-30-24(33)17-38-21-12-20(13-29-23-10-6-7-11-28-23)32(15-21)40-27(37)39-16-19-8-4-3-5-9-19/h3-11,18,20-22H,12-17H2,1-2H3,(H,28,29)(H,30,33)(H,31,34)(H,35,36). The number of nitrogens with zero attached hydrogens (tertiary/aromatic N) is 2. The van der Waals surface area contributed by atoms with E-state index in [9.17, 15) is 24.3 Å². The van der Waals surface area contributed by atoms with Crippen LogP contribution in [0.4, 0.5) is 10.6 Å². The molecular formula is C27H35N5O8. The number of hydrogen-bond donors (Lipinski definition) is 4. The Bertz CT molecular complexity index is 1120. The molecule has 13 nitrogen and oxygen atoms in total. The van der Waals surface area contributed by atoms with Gasteiger partial charge < -0.3 is 35.4 Å². The van der Waals surface area contributed by atoms with Crippen LogP contribution in [0, 0.1) is 5.92 Å². The maximum absolute atomic E-state index is 12.4.